The van der Waals surface area contributed by atoms with Crippen LogP contribution in [0.25, 0.3) is 0 Å². The molecule has 0 aromatic heterocycles. The first-order valence-corrected chi connectivity index (χ1v) is 3.79. The number of hydrogen-bond donors (Lipinski definition) is 1. The van der Waals surface area contributed by atoms with Crippen LogP contribution >= 0.6 is 0 Å². The van der Waals surface area contributed by atoms with Crippen LogP contribution < -0.4 is 5.14 Å². The maximum absolute atomic E-state index is 11.4. The smallest absolute Gasteiger partial charge is 0.250 e. The van der Waals surface area contributed by atoms with Crippen molar-refractivity contribution in [1.29, 1.82) is 0 Å². The minimum Gasteiger partial charge on any atom is -0.250 e. The molecule has 0 aromatic carbocycles. The number of nitrogens with zero attached hydrogens (tertiary/aromatic N) is 1. The van der Waals surface area contributed by atoms with E-state index < -0.39 is 16.9 Å². The lowest BCUT2D eigenvalue weighted by atomic mass is 10.7. The zero-order valence-corrected chi connectivity index (χ0v) is 5.86. The molecule has 0 amide bonds. The van der Waals surface area contributed by atoms with Gasteiger partial charge in [-0.25, -0.2) is 9.53 Å². The van der Waals surface area contributed by atoms with Crippen LogP contribution in [-0.4, -0.2) is 33.0 Å². The number of hydrogen-bond acceptors (Lipinski definition) is 2. The molecule has 0 bridgehead atoms. The number of nitrogens with two attached hydrogens (primary N) is 1. The van der Waals surface area contributed by atoms with Crippen LogP contribution in [-0.2, 0) is 10.2 Å². The summed E-state index contributed by atoms with van der Waals surface area (Å²) < 4.78 is 32.7. The van der Waals surface area contributed by atoms with Crippen LogP contribution in [0.4, 0.5) is 4.39 Å². The predicted molar refractivity (Wildman–Crippen MR) is 31.7 cm³/mol. The molecule has 0 rings (SSSR count). The maximum Gasteiger partial charge on any atom is 0.276 e. The average Bonchev–Trinajstić information content (AvgIpc) is 1.64. The summed E-state index contributed by atoms with van der Waals surface area (Å²) in [4.78, 5) is 0. The first-order valence-electron chi connectivity index (χ1n) is 2.28. The molecule has 0 saturated carbocycles. The highest BCUT2D eigenvalue weighted by Gasteiger charge is 2.09. The predicted octanol–water partition coefficient (Wildman–Crippen LogP) is -0.909. The van der Waals surface area contributed by atoms with Gasteiger partial charge in [0.1, 0.15) is 6.67 Å². The summed E-state index contributed by atoms with van der Waals surface area (Å²) in [5.41, 5.74) is 0. The molecular weight excluding hydrogens is 147 g/mol. The normalized spacial score (nSPS) is 12.4. The average molecular weight is 156 g/mol. The van der Waals surface area contributed by atoms with E-state index in [2.05, 4.69) is 5.14 Å². The lowest BCUT2D eigenvalue weighted by molar-refractivity contribution is 0.395. The minimum absolute atomic E-state index is 0.182. The molecule has 0 spiro atoms. The molecule has 6 heteroatoms. The van der Waals surface area contributed by atoms with Crippen molar-refractivity contribution in [1.82, 2.24) is 4.31 Å². The van der Waals surface area contributed by atoms with Crippen molar-refractivity contribution in [2.75, 3.05) is 20.3 Å². The van der Waals surface area contributed by atoms with Crippen LogP contribution in [0.3, 0.4) is 0 Å². The third-order valence-electron chi connectivity index (χ3n) is 0.834. The quantitative estimate of drug-likeness (QED) is 0.575. The summed E-state index contributed by atoms with van der Waals surface area (Å²) in [6, 6.07) is 0. The highest BCUT2D eigenvalue weighted by molar-refractivity contribution is 7.86. The zero-order chi connectivity index (χ0) is 7.49. The highest BCUT2D eigenvalue weighted by atomic mass is 32.2. The van der Waals surface area contributed by atoms with Gasteiger partial charge in [0, 0.05) is 13.6 Å². The van der Waals surface area contributed by atoms with Crippen molar-refractivity contribution >= 4 is 10.2 Å². The Morgan fingerprint density at radius 3 is 2.22 bits per heavy atom. The molecule has 0 fully saturated rings. The van der Waals surface area contributed by atoms with Crippen molar-refractivity contribution in [2.45, 2.75) is 0 Å². The fraction of sp³-hybridized carbons (Fsp3) is 1.00. The third kappa shape index (κ3) is 3.39. The largest absolute Gasteiger partial charge is 0.276 e. The minimum atomic E-state index is -3.67. The Morgan fingerprint density at radius 1 is 1.67 bits per heavy atom. The van der Waals surface area contributed by atoms with Gasteiger partial charge < -0.3 is 0 Å². The Bertz CT molecular complexity index is 167. The van der Waals surface area contributed by atoms with E-state index >= 15 is 0 Å². The standard InChI is InChI=1S/C3H9FN2O2S/c1-6(3-2-4)9(5,7)8/h2-3H2,1H3,(H2,5,7,8). The molecule has 0 aliphatic heterocycles. The second kappa shape index (κ2) is 3.09. The van der Waals surface area contributed by atoms with E-state index in [0.29, 0.717) is 0 Å². The monoisotopic (exact) mass is 156 g/mol. The molecule has 9 heavy (non-hydrogen) atoms. The number of halogens is 1. The van der Waals surface area contributed by atoms with Gasteiger partial charge in [0.05, 0.1) is 0 Å². The van der Waals surface area contributed by atoms with Gasteiger partial charge in [-0.2, -0.15) is 12.7 Å². The van der Waals surface area contributed by atoms with E-state index in [1.807, 2.05) is 0 Å². The summed E-state index contributed by atoms with van der Waals surface area (Å²) in [5.74, 6) is 0. The summed E-state index contributed by atoms with van der Waals surface area (Å²) in [7, 11) is -2.45. The summed E-state index contributed by atoms with van der Waals surface area (Å²) in [6.07, 6.45) is 0. The van der Waals surface area contributed by atoms with Crippen molar-refractivity contribution < 1.29 is 12.8 Å². The lowest BCUT2D eigenvalue weighted by Crippen LogP contribution is -2.34. The van der Waals surface area contributed by atoms with Crippen LogP contribution in [0.15, 0.2) is 0 Å². The molecule has 0 unspecified atom stereocenters. The van der Waals surface area contributed by atoms with Gasteiger partial charge >= 0.3 is 0 Å². The topological polar surface area (TPSA) is 63.4 Å². The molecular formula is C3H9FN2O2S. The molecule has 0 aliphatic rings. The van der Waals surface area contributed by atoms with E-state index in [4.69, 9.17) is 0 Å². The first-order chi connectivity index (χ1) is 3.98. The number of alkyl halides is 1. The Labute approximate surface area is 53.6 Å². The van der Waals surface area contributed by atoms with E-state index in [0.717, 1.165) is 4.31 Å². The summed E-state index contributed by atoms with van der Waals surface area (Å²) in [5, 5.41) is 4.60. The fourth-order valence-corrected chi connectivity index (χ4v) is 0.570. The van der Waals surface area contributed by atoms with Gasteiger partial charge in [0.15, 0.2) is 0 Å². The van der Waals surface area contributed by atoms with E-state index in [1.54, 1.807) is 0 Å². The second-order valence-corrected chi connectivity index (χ2v) is 3.21. The number of rotatable bonds is 3. The van der Waals surface area contributed by atoms with E-state index in [-0.39, 0.29) is 6.54 Å². The van der Waals surface area contributed by atoms with Crippen molar-refractivity contribution in [2.24, 2.45) is 5.14 Å². The van der Waals surface area contributed by atoms with Gasteiger partial charge in [-0.3, -0.25) is 0 Å². The fourth-order valence-electron chi connectivity index (χ4n) is 0.246. The maximum atomic E-state index is 11.4. The summed E-state index contributed by atoms with van der Waals surface area (Å²) >= 11 is 0. The van der Waals surface area contributed by atoms with E-state index in [9.17, 15) is 12.8 Å². The van der Waals surface area contributed by atoms with Gasteiger partial charge in [-0.15, -0.1) is 0 Å². The molecule has 4 nitrogen and oxygen atoms in total. The van der Waals surface area contributed by atoms with Crippen LogP contribution in [0.1, 0.15) is 0 Å². The summed E-state index contributed by atoms with van der Waals surface area (Å²) in [6.45, 7) is -0.897. The molecule has 0 aliphatic carbocycles. The molecule has 0 saturated heterocycles. The van der Waals surface area contributed by atoms with Gasteiger partial charge in [0.2, 0.25) is 0 Å². The third-order valence-corrected chi connectivity index (χ3v) is 1.89. The highest BCUT2D eigenvalue weighted by Crippen LogP contribution is 1.86. The van der Waals surface area contributed by atoms with E-state index in [1.165, 1.54) is 7.05 Å². The Morgan fingerprint density at radius 2 is 2.11 bits per heavy atom. The first kappa shape index (κ1) is 8.80. The molecule has 0 heterocycles. The van der Waals surface area contributed by atoms with Crippen LogP contribution in [0, 0.1) is 0 Å². The molecule has 0 atom stereocenters. The van der Waals surface area contributed by atoms with Gasteiger partial charge in [-0.1, -0.05) is 0 Å². The van der Waals surface area contributed by atoms with Crippen molar-refractivity contribution in [3.8, 4) is 0 Å². The Balaban J connectivity index is 3.90. The molecule has 2 N–H and O–H groups in total. The molecule has 56 valence electrons. The van der Waals surface area contributed by atoms with Gasteiger partial charge in [0.25, 0.3) is 10.2 Å². The van der Waals surface area contributed by atoms with Crippen LogP contribution in [0.5, 0.6) is 0 Å². The zero-order valence-electron chi connectivity index (χ0n) is 5.04. The Kier molecular flexibility index (Phi) is 3.02. The SMILES string of the molecule is CN(CCF)S(N)(=O)=O. The van der Waals surface area contributed by atoms with Crippen molar-refractivity contribution in [3.63, 3.8) is 0 Å². The molecule has 0 aromatic rings. The second-order valence-electron chi connectivity index (χ2n) is 1.56. The Hall–Kier alpha value is -0.200. The molecule has 0 radical (unpaired) electrons. The van der Waals surface area contributed by atoms with Crippen molar-refractivity contribution in [3.05, 3.63) is 0 Å². The lowest BCUT2D eigenvalue weighted by Gasteiger charge is -2.09. The van der Waals surface area contributed by atoms with Gasteiger partial charge in [-0.05, 0) is 0 Å². The van der Waals surface area contributed by atoms with Crippen LogP contribution in [0.2, 0.25) is 0 Å².